The smallest absolute Gasteiger partial charge is 0.213 e. The van der Waals surface area contributed by atoms with Crippen LogP contribution in [0.15, 0.2) is 68.0 Å². The monoisotopic (exact) mass is 532 g/mol. The highest BCUT2D eigenvalue weighted by Crippen LogP contribution is 2.51. The molecule has 2 aliphatic rings. The van der Waals surface area contributed by atoms with Gasteiger partial charge in [0.15, 0.2) is 0 Å². The third kappa shape index (κ3) is 3.49. The average molecular weight is 534 g/mol. The molecule has 7 heteroatoms. The van der Waals surface area contributed by atoms with Crippen molar-refractivity contribution >= 4 is 48.9 Å². The van der Waals surface area contributed by atoms with Gasteiger partial charge >= 0.3 is 0 Å². The Morgan fingerprint density at radius 3 is 2.76 bits per heavy atom. The highest BCUT2D eigenvalue weighted by Gasteiger charge is 2.42. The van der Waals surface area contributed by atoms with Gasteiger partial charge in [-0.3, -0.25) is 0 Å². The Labute approximate surface area is 190 Å². The van der Waals surface area contributed by atoms with E-state index in [2.05, 4.69) is 72.6 Å². The number of hydrazone groups is 1. The molecule has 3 aromatic rings. The van der Waals surface area contributed by atoms with E-state index in [-0.39, 0.29) is 12.3 Å². The topological polar surface area (TPSA) is 34.1 Å². The lowest BCUT2D eigenvalue weighted by molar-refractivity contribution is -0.0197. The van der Waals surface area contributed by atoms with Crippen LogP contribution in [0.1, 0.15) is 41.6 Å². The van der Waals surface area contributed by atoms with E-state index in [1.165, 1.54) is 4.88 Å². The highest BCUT2D eigenvalue weighted by molar-refractivity contribution is 9.11. The zero-order chi connectivity index (χ0) is 20.0. The van der Waals surface area contributed by atoms with Crippen molar-refractivity contribution in [3.8, 4) is 11.5 Å². The summed E-state index contributed by atoms with van der Waals surface area (Å²) in [5.74, 6) is 1.74. The molecule has 4 nitrogen and oxygen atoms in total. The minimum absolute atomic E-state index is 0.126. The third-order valence-electron chi connectivity index (χ3n) is 5.09. The molecule has 0 amide bonds. The van der Waals surface area contributed by atoms with Crippen LogP contribution in [-0.4, -0.2) is 17.3 Å². The first-order chi connectivity index (χ1) is 14.1. The van der Waals surface area contributed by atoms with Crippen molar-refractivity contribution in [2.75, 3.05) is 6.61 Å². The van der Waals surface area contributed by atoms with Crippen molar-refractivity contribution in [2.45, 2.75) is 25.6 Å². The maximum atomic E-state index is 6.50. The molecule has 2 aliphatic heterocycles. The van der Waals surface area contributed by atoms with Crippen LogP contribution in [0.25, 0.3) is 0 Å². The van der Waals surface area contributed by atoms with Crippen LogP contribution in [0.5, 0.6) is 11.5 Å². The maximum absolute atomic E-state index is 6.50. The number of fused-ring (bicyclic) bond motifs is 3. The fourth-order valence-corrected chi connectivity index (χ4v) is 5.89. The quantitative estimate of drug-likeness (QED) is 0.365. The summed E-state index contributed by atoms with van der Waals surface area (Å²) in [6, 6.07) is 16.6. The SMILES string of the molecule is CCOc1ccc([C@@H]2Oc3c(Br)cc(Br)cc3[C@@H]3CC(c4cccs4)=NN32)cc1. The first kappa shape index (κ1) is 19.2. The van der Waals surface area contributed by atoms with Gasteiger partial charge in [-0.05, 0) is 70.7 Å². The van der Waals surface area contributed by atoms with Crippen molar-refractivity contribution in [2.24, 2.45) is 5.10 Å². The second-order valence-electron chi connectivity index (χ2n) is 6.90. The molecular formula is C22H18Br2N2O2S. The Morgan fingerprint density at radius 1 is 1.21 bits per heavy atom. The number of hydrogen-bond acceptors (Lipinski definition) is 5. The molecule has 0 spiro atoms. The van der Waals surface area contributed by atoms with Crippen LogP contribution in [0.2, 0.25) is 0 Å². The van der Waals surface area contributed by atoms with E-state index in [9.17, 15) is 0 Å². The maximum Gasteiger partial charge on any atom is 0.213 e. The summed E-state index contributed by atoms with van der Waals surface area (Å²) in [5.41, 5.74) is 3.30. The minimum atomic E-state index is -0.293. The zero-order valence-electron chi connectivity index (χ0n) is 15.6. The van der Waals surface area contributed by atoms with E-state index in [4.69, 9.17) is 14.6 Å². The van der Waals surface area contributed by atoms with Crippen molar-refractivity contribution in [1.29, 1.82) is 0 Å². The van der Waals surface area contributed by atoms with Crippen molar-refractivity contribution < 1.29 is 9.47 Å². The molecule has 2 aromatic carbocycles. The van der Waals surface area contributed by atoms with E-state index in [0.717, 1.165) is 43.7 Å². The molecule has 0 unspecified atom stereocenters. The zero-order valence-corrected chi connectivity index (χ0v) is 19.6. The number of nitrogens with zero attached hydrogens (tertiary/aromatic N) is 2. The van der Waals surface area contributed by atoms with Gasteiger partial charge in [0.1, 0.15) is 11.5 Å². The first-order valence-corrected chi connectivity index (χ1v) is 11.9. The van der Waals surface area contributed by atoms with Gasteiger partial charge in [-0.25, -0.2) is 5.01 Å². The van der Waals surface area contributed by atoms with Crippen LogP contribution >= 0.6 is 43.2 Å². The summed E-state index contributed by atoms with van der Waals surface area (Å²) in [5, 5.41) is 9.20. The van der Waals surface area contributed by atoms with E-state index in [0.29, 0.717) is 6.61 Å². The Kier molecular flexibility index (Phi) is 5.14. The molecule has 0 N–H and O–H groups in total. The molecule has 29 heavy (non-hydrogen) atoms. The number of rotatable bonds is 4. The van der Waals surface area contributed by atoms with E-state index < -0.39 is 0 Å². The second-order valence-corrected chi connectivity index (χ2v) is 9.62. The number of thiophene rings is 1. The number of benzene rings is 2. The van der Waals surface area contributed by atoms with E-state index in [1.54, 1.807) is 11.3 Å². The summed E-state index contributed by atoms with van der Waals surface area (Å²) in [7, 11) is 0. The summed E-state index contributed by atoms with van der Waals surface area (Å²) in [6.07, 6.45) is 0.561. The standard InChI is InChI=1S/C22H18Br2N2O2S/c1-2-27-15-7-5-13(6-8-15)22-26-19(12-18(25-26)20-4-3-9-29-20)16-10-14(23)11-17(24)21(16)28-22/h3-11,19,22H,2,12H2,1H3/t19-,22-/m0/s1. The molecule has 5 rings (SSSR count). The summed E-state index contributed by atoms with van der Waals surface area (Å²) in [6.45, 7) is 2.64. The van der Waals surface area contributed by atoms with Gasteiger partial charge in [0.2, 0.25) is 6.23 Å². The van der Waals surface area contributed by atoms with E-state index in [1.807, 2.05) is 25.1 Å². The number of halogens is 2. The summed E-state index contributed by atoms with van der Waals surface area (Å²) in [4.78, 5) is 1.21. The van der Waals surface area contributed by atoms with Crippen LogP contribution in [0.3, 0.4) is 0 Å². The predicted octanol–water partition coefficient (Wildman–Crippen LogP) is 6.91. The average Bonchev–Trinajstić information content (AvgIpc) is 3.38. The molecule has 0 saturated heterocycles. The molecule has 148 valence electrons. The van der Waals surface area contributed by atoms with Crippen LogP contribution in [0, 0.1) is 0 Å². The Hall–Kier alpha value is -1.83. The lowest BCUT2D eigenvalue weighted by Gasteiger charge is -2.38. The lowest BCUT2D eigenvalue weighted by atomic mass is 9.97. The molecule has 3 heterocycles. The van der Waals surface area contributed by atoms with Crippen molar-refractivity contribution in [3.05, 3.63) is 78.9 Å². The van der Waals surface area contributed by atoms with Crippen LogP contribution in [0.4, 0.5) is 0 Å². The largest absolute Gasteiger partial charge is 0.494 e. The van der Waals surface area contributed by atoms with Gasteiger partial charge < -0.3 is 9.47 Å². The van der Waals surface area contributed by atoms with Gasteiger partial charge in [0, 0.05) is 22.0 Å². The predicted molar refractivity (Wildman–Crippen MR) is 123 cm³/mol. The summed E-state index contributed by atoms with van der Waals surface area (Å²) < 4.78 is 14.1. The van der Waals surface area contributed by atoms with Gasteiger partial charge in [0.25, 0.3) is 0 Å². The molecule has 0 bridgehead atoms. The van der Waals surface area contributed by atoms with Crippen molar-refractivity contribution in [3.63, 3.8) is 0 Å². The number of ether oxygens (including phenoxy) is 2. The van der Waals surface area contributed by atoms with Gasteiger partial charge in [-0.2, -0.15) is 5.10 Å². The molecule has 0 saturated carbocycles. The Morgan fingerprint density at radius 2 is 2.03 bits per heavy atom. The number of hydrogen-bond donors (Lipinski definition) is 0. The summed E-state index contributed by atoms with van der Waals surface area (Å²) >= 11 is 9.03. The van der Waals surface area contributed by atoms with Gasteiger partial charge in [-0.1, -0.05) is 22.0 Å². The molecule has 0 aliphatic carbocycles. The Balaban J connectivity index is 1.58. The van der Waals surface area contributed by atoms with Crippen molar-refractivity contribution in [1.82, 2.24) is 5.01 Å². The van der Waals surface area contributed by atoms with Crippen LogP contribution < -0.4 is 9.47 Å². The third-order valence-corrected chi connectivity index (χ3v) is 7.06. The highest BCUT2D eigenvalue weighted by atomic mass is 79.9. The first-order valence-electron chi connectivity index (χ1n) is 9.42. The normalized spacial score (nSPS) is 20.0. The molecule has 2 atom stereocenters. The lowest BCUT2D eigenvalue weighted by Crippen LogP contribution is -2.33. The fraction of sp³-hybridized carbons (Fsp3) is 0.227. The molecule has 0 radical (unpaired) electrons. The van der Waals surface area contributed by atoms with E-state index >= 15 is 0 Å². The molecule has 0 fully saturated rings. The van der Waals surface area contributed by atoms with Gasteiger partial charge in [-0.15, -0.1) is 11.3 Å². The molecule has 1 aromatic heterocycles. The van der Waals surface area contributed by atoms with Gasteiger partial charge in [0.05, 0.1) is 27.7 Å². The minimum Gasteiger partial charge on any atom is -0.494 e. The van der Waals surface area contributed by atoms with Crippen LogP contribution in [-0.2, 0) is 0 Å². The molecular weight excluding hydrogens is 516 g/mol. The Bertz CT molecular complexity index is 1070. The second kappa shape index (κ2) is 7.78. The fourth-order valence-electron chi connectivity index (χ4n) is 3.82.